The third-order valence-electron chi connectivity index (χ3n) is 1.50. The van der Waals surface area contributed by atoms with Crippen molar-refractivity contribution >= 4 is 61.1 Å². The van der Waals surface area contributed by atoms with Crippen molar-refractivity contribution in [2.75, 3.05) is 5.73 Å². The summed E-state index contributed by atoms with van der Waals surface area (Å²) in [6, 6.07) is 0.721. The number of nitrogens with two attached hydrogens (primary N) is 1. The molecule has 1 aromatic rings. The molecule has 0 saturated carbocycles. The van der Waals surface area contributed by atoms with Crippen molar-refractivity contribution in [1.29, 1.82) is 0 Å². The van der Waals surface area contributed by atoms with Gasteiger partial charge in [-0.15, -0.1) is 0 Å². The van der Waals surface area contributed by atoms with Gasteiger partial charge >= 0.3 is 10.2 Å². The summed E-state index contributed by atoms with van der Waals surface area (Å²) in [4.78, 5) is -1.90. The fourth-order valence-electron chi connectivity index (χ4n) is 0.784. The first-order valence-electron chi connectivity index (χ1n) is 3.30. The van der Waals surface area contributed by atoms with Crippen molar-refractivity contribution in [2.45, 2.75) is 4.90 Å². The molecule has 0 atom stereocenters. The quantitative estimate of drug-likeness (QED) is 0.343. The summed E-state index contributed by atoms with van der Waals surface area (Å²) in [5.74, 6) is 0. The van der Waals surface area contributed by atoms with Gasteiger partial charge in [0, 0.05) is 7.14 Å². The Balaban J connectivity index is 3.58. The van der Waals surface area contributed by atoms with Gasteiger partial charge < -0.3 is 5.73 Å². The van der Waals surface area contributed by atoms with Crippen molar-refractivity contribution in [3.05, 3.63) is 19.3 Å². The summed E-state index contributed by atoms with van der Waals surface area (Å²) < 4.78 is 61.9. The maximum Gasteiger partial charge on any atom is 0.310 e. The minimum atomic E-state index is -9.59. The summed E-state index contributed by atoms with van der Waals surface area (Å²) in [5, 5.41) is 0. The zero-order valence-electron chi connectivity index (χ0n) is 6.79. The normalized spacial score (nSPS) is 17.0. The van der Waals surface area contributed by atoms with Crippen LogP contribution in [0.1, 0.15) is 0 Å². The molecule has 0 aromatic heterocycles. The van der Waals surface area contributed by atoms with Gasteiger partial charge in [-0.1, -0.05) is 19.4 Å². The number of anilines is 1. The molecule has 2 N–H and O–H groups in total. The van der Waals surface area contributed by atoms with Crippen LogP contribution in [0, 0.1) is 7.14 Å². The van der Waals surface area contributed by atoms with E-state index < -0.39 is 15.1 Å². The van der Waals surface area contributed by atoms with E-state index >= 15 is 0 Å². The topological polar surface area (TPSA) is 26.0 Å². The van der Waals surface area contributed by atoms with Gasteiger partial charge in [-0.3, -0.25) is 0 Å². The van der Waals surface area contributed by atoms with Gasteiger partial charge in [-0.2, -0.15) is 0 Å². The van der Waals surface area contributed by atoms with Crippen molar-refractivity contribution < 1.29 is 19.4 Å². The van der Waals surface area contributed by atoms with Crippen LogP contribution in [0.3, 0.4) is 0 Å². The lowest BCUT2D eigenvalue weighted by Crippen LogP contribution is -2.08. The van der Waals surface area contributed by atoms with E-state index in [1.807, 2.05) is 0 Å². The van der Waals surface area contributed by atoms with E-state index in [2.05, 4.69) is 0 Å². The highest BCUT2D eigenvalue weighted by Crippen LogP contribution is 3.02. The molecule has 0 aliphatic heterocycles. The molecule has 1 nitrogen and oxygen atoms in total. The van der Waals surface area contributed by atoms with Crippen molar-refractivity contribution in [3.63, 3.8) is 0 Å². The summed E-state index contributed by atoms with van der Waals surface area (Å²) in [7, 11) is -9.59. The number of hydrogen-bond acceptors (Lipinski definition) is 1. The Kier molecular flexibility index (Phi) is 2.73. The van der Waals surface area contributed by atoms with Gasteiger partial charge in [0.2, 0.25) is 0 Å². The maximum absolute atomic E-state index is 12.4. The third kappa shape index (κ3) is 3.22. The molecule has 88 valence electrons. The van der Waals surface area contributed by atoms with E-state index in [4.69, 9.17) is 5.73 Å². The van der Waals surface area contributed by atoms with E-state index in [0.717, 1.165) is 0 Å². The first-order valence-corrected chi connectivity index (χ1v) is 7.41. The molecule has 0 aliphatic carbocycles. The SMILES string of the molecule is Nc1c(I)cc(S(F)(F)(F)(F)F)cc1I. The Morgan fingerprint density at radius 3 is 1.53 bits per heavy atom. The second kappa shape index (κ2) is 3.03. The molecular formula is C6H4F5I2NS. The molecule has 0 bridgehead atoms. The largest absolute Gasteiger partial charge is 0.397 e. The molecule has 9 heteroatoms. The molecular weight excluding hydrogens is 467 g/mol. The van der Waals surface area contributed by atoms with E-state index in [9.17, 15) is 19.4 Å². The van der Waals surface area contributed by atoms with Crippen LogP contribution in [-0.2, 0) is 0 Å². The van der Waals surface area contributed by atoms with E-state index in [0.29, 0.717) is 12.1 Å². The van der Waals surface area contributed by atoms with Gasteiger partial charge in [0.05, 0.1) is 5.69 Å². The Hall–Kier alpha value is 0.480. The van der Waals surface area contributed by atoms with Crippen LogP contribution in [-0.4, -0.2) is 0 Å². The van der Waals surface area contributed by atoms with Gasteiger partial charge in [0.1, 0.15) is 4.90 Å². The lowest BCUT2D eigenvalue weighted by molar-refractivity contribution is 0.364. The highest BCUT2D eigenvalue weighted by Gasteiger charge is 2.65. The summed E-state index contributed by atoms with van der Waals surface area (Å²) in [6.07, 6.45) is 0. The van der Waals surface area contributed by atoms with Crippen molar-refractivity contribution in [3.8, 4) is 0 Å². The van der Waals surface area contributed by atoms with Crippen LogP contribution in [0.5, 0.6) is 0 Å². The molecule has 1 rings (SSSR count). The van der Waals surface area contributed by atoms with E-state index in [1.165, 1.54) is 45.2 Å². The summed E-state index contributed by atoms with van der Waals surface area (Å²) in [5.41, 5.74) is 5.44. The first kappa shape index (κ1) is 13.5. The van der Waals surface area contributed by atoms with E-state index in [1.54, 1.807) is 0 Å². The smallest absolute Gasteiger partial charge is 0.310 e. The second-order valence-corrected chi connectivity index (χ2v) is 7.50. The Morgan fingerprint density at radius 1 is 0.933 bits per heavy atom. The number of benzene rings is 1. The van der Waals surface area contributed by atoms with Gasteiger partial charge in [0.25, 0.3) is 0 Å². The summed E-state index contributed by atoms with van der Waals surface area (Å²) >= 11 is 2.97. The third-order valence-corrected chi connectivity index (χ3v) is 4.41. The average molecular weight is 471 g/mol. The molecule has 0 unspecified atom stereocenters. The lowest BCUT2D eigenvalue weighted by Gasteiger charge is -2.40. The molecule has 0 spiro atoms. The van der Waals surface area contributed by atoms with Gasteiger partial charge in [-0.25, -0.2) is 0 Å². The average Bonchev–Trinajstić information content (AvgIpc) is 1.94. The van der Waals surface area contributed by atoms with Gasteiger partial charge in [0.15, 0.2) is 0 Å². The predicted octanol–water partition coefficient (Wildman–Crippen LogP) is 5.14. The molecule has 0 saturated heterocycles. The van der Waals surface area contributed by atoms with Gasteiger partial charge in [-0.05, 0) is 57.3 Å². The minimum Gasteiger partial charge on any atom is -0.397 e. The molecule has 0 radical (unpaired) electrons. The number of halogens is 7. The number of rotatable bonds is 1. The van der Waals surface area contributed by atoms with Crippen molar-refractivity contribution in [2.24, 2.45) is 0 Å². The summed E-state index contributed by atoms with van der Waals surface area (Å²) in [6.45, 7) is 0. The number of hydrogen-bond donors (Lipinski definition) is 1. The Morgan fingerprint density at radius 2 is 1.27 bits per heavy atom. The molecule has 15 heavy (non-hydrogen) atoms. The second-order valence-electron chi connectivity index (χ2n) is 2.77. The Labute approximate surface area is 110 Å². The van der Waals surface area contributed by atoms with Crippen molar-refractivity contribution in [1.82, 2.24) is 0 Å². The zero-order chi connectivity index (χ0) is 12.1. The molecule has 0 fully saturated rings. The van der Waals surface area contributed by atoms with Crippen LogP contribution in [0.25, 0.3) is 0 Å². The van der Waals surface area contributed by atoms with E-state index in [-0.39, 0.29) is 12.8 Å². The highest BCUT2D eigenvalue weighted by atomic mass is 127. The fourth-order valence-corrected chi connectivity index (χ4v) is 3.66. The number of nitrogen functional groups attached to an aromatic ring is 1. The lowest BCUT2D eigenvalue weighted by atomic mass is 10.3. The fraction of sp³-hybridized carbons (Fsp3) is 0. The van der Waals surface area contributed by atoms with Crippen LogP contribution in [0.15, 0.2) is 17.0 Å². The molecule has 1 aromatic carbocycles. The van der Waals surface area contributed by atoms with Crippen LogP contribution in [0.2, 0.25) is 0 Å². The monoisotopic (exact) mass is 471 g/mol. The maximum atomic E-state index is 12.4. The van der Waals surface area contributed by atoms with Crippen LogP contribution in [0.4, 0.5) is 25.1 Å². The minimum absolute atomic E-state index is 0.0391. The predicted molar refractivity (Wildman–Crippen MR) is 67.7 cm³/mol. The molecule has 0 heterocycles. The van der Waals surface area contributed by atoms with Crippen LogP contribution >= 0.6 is 55.4 Å². The molecule has 0 aliphatic rings. The highest BCUT2D eigenvalue weighted by molar-refractivity contribution is 14.1. The van der Waals surface area contributed by atoms with Crippen LogP contribution < -0.4 is 5.73 Å². The molecule has 0 amide bonds. The first-order chi connectivity index (χ1) is 6.31. The standard InChI is InChI=1S/C6H4F5I2NS/c7-15(8,9,10,11)3-1-4(12)6(14)5(13)2-3/h1-2H,14H2. The zero-order valence-corrected chi connectivity index (χ0v) is 11.9. The Bertz CT molecular complexity index is 405.